The zero-order valence-electron chi connectivity index (χ0n) is 21.6. The number of halogens is 4. The molecule has 0 radical (unpaired) electrons. The van der Waals surface area contributed by atoms with Crippen LogP contribution in [-0.2, 0) is 6.42 Å². The average molecular weight is 531 g/mol. The second kappa shape index (κ2) is 11.8. The van der Waals surface area contributed by atoms with Gasteiger partial charge in [0.15, 0.2) is 29.6 Å². The van der Waals surface area contributed by atoms with Crippen molar-refractivity contribution in [3.63, 3.8) is 0 Å². The van der Waals surface area contributed by atoms with Gasteiger partial charge in [-0.05, 0) is 74.4 Å². The molecular weight excluding hydrogens is 500 g/mol. The van der Waals surface area contributed by atoms with Gasteiger partial charge in [0.25, 0.3) is 0 Å². The van der Waals surface area contributed by atoms with Gasteiger partial charge in [-0.15, -0.1) is 0 Å². The molecule has 1 saturated heterocycles. The lowest BCUT2D eigenvalue weighted by Gasteiger charge is -2.31. The first-order valence-corrected chi connectivity index (χ1v) is 12.6. The van der Waals surface area contributed by atoms with E-state index in [1.165, 1.54) is 0 Å². The molecule has 0 N–H and O–H groups in total. The summed E-state index contributed by atoms with van der Waals surface area (Å²) in [6, 6.07) is 3.16. The maximum atomic E-state index is 14.8. The second-order valence-corrected chi connectivity index (χ2v) is 9.70. The molecule has 2 aromatic carbocycles. The number of hydrogen-bond donors (Lipinski definition) is 0. The predicted molar refractivity (Wildman–Crippen MR) is 137 cm³/mol. The van der Waals surface area contributed by atoms with Gasteiger partial charge < -0.3 is 14.8 Å². The minimum Gasteiger partial charge on any atom is -0.624 e. The van der Waals surface area contributed by atoms with Crippen LogP contribution in [-0.4, -0.2) is 46.7 Å². The highest BCUT2D eigenvalue weighted by atomic mass is 19.1. The Hall–Kier alpha value is -3.69. The number of nitrogens with zero attached hydrogens (tertiary/aromatic N) is 4. The summed E-state index contributed by atoms with van der Waals surface area (Å²) in [7, 11) is 0. The number of rotatable bonds is 8. The van der Waals surface area contributed by atoms with Crippen LogP contribution in [0.25, 0.3) is 11.1 Å². The minimum atomic E-state index is -1.05. The first-order chi connectivity index (χ1) is 18.2. The molecule has 0 aliphatic carbocycles. The molecule has 1 aliphatic heterocycles. The Morgan fingerprint density at radius 2 is 1.58 bits per heavy atom. The molecule has 10 heteroatoms. The van der Waals surface area contributed by atoms with Gasteiger partial charge in [0, 0.05) is 31.0 Å². The zero-order valence-corrected chi connectivity index (χ0v) is 21.6. The topological polar surface area (TPSA) is 64.3 Å². The van der Waals surface area contributed by atoms with Crippen molar-refractivity contribution in [2.45, 2.75) is 46.1 Å². The van der Waals surface area contributed by atoms with Crippen LogP contribution in [0.3, 0.4) is 0 Å². The lowest BCUT2D eigenvalue weighted by atomic mass is 9.98. The summed E-state index contributed by atoms with van der Waals surface area (Å²) < 4.78 is 65.1. The van der Waals surface area contributed by atoms with E-state index in [2.05, 4.69) is 14.9 Å². The fourth-order valence-electron chi connectivity index (χ4n) is 4.28. The van der Waals surface area contributed by atoms with Gasteiger partial charge >= 0.3 is 0 Å². The minimum absolute atomic E-state index is 0.00364. The van der Waals surface area contributed by atoms with Crippen molar-refractivity contribution < 1.29 is 27.0 Å². The molecule has 0 atom stereocenters. The van der Waals surface area contributed by atoms with E-state index >= 15 is 0 Å². The fraction of sp³-hybridized carbons (Fsp3) is 0.393. The number of benzene rings is 2. The fourth-order valence-corrected chi connectivity index (χ4v) is 4.28. The van der Waals surface area contributed by atoms with Gasteiger partial charge in [-0.2, -0.15) is 0 Å². The van der Waals surface area contributed by atoms with Gasteiger partial charge in [0.2, 0.25) is 5.95 Å². The molecule has 0 spiro atoms. The van der Waals surface area contributed by atoms with Crippen molar-refractivity contribution in [2.75, 3.05) is 24.6 Å². The van der Waals surface area contributed by atoms with Gasteiger partial charge in [-0.25, -0.2) is 32.3 Å². The predicted octanol–water partition coefficient (Wildman–Crippen LogP) is 5.90. The molecule has 0 amide bonds. The van der Waals surface area contributed by atoms with E-state index in [-0.39, 0.29) is 23.7 Å². The largest absolute Gasteiger partial charge is 0.624 e. The van der Waals surface area contributed by atoms with Crippen molar-refractivity contribution in [3.8, 4) is 16.9 Å². The van der Waals surface area contributed by atoms with Gasteiger partial charge in [0.05, 0.1) is 12.2 Å². The van der Waals surface area contributed by atoms with Gasteiger partial charge in [0.1, 0.15) is 11.6 Å². The van der Waals surface area contributed by atoms with Crippen molar-refractivity contribution >= 4 is 12.2 Å². The van der Waals surface area contributed by atoms with E-state index in [1.807, 2.05) is 19.3 Å². The van der Waals surface area contributed by atoms with Crippen molar-refractivity contribution in [2.24, 2.45) is 5.92 Å². The average Bonchev–Trinajstić information content (AvgIpc) is 2.88. The van der Waals surface area contributed by atoms with Crippen LogP contribution in [0.15, 0.2) is 36.7 Å². The Balaban J connectivity index is 1.42. The highest BCUT2D eigenvalue weighted by Crippen LogP contribution is 2.33. The molecule has 0 bridgehead atoms. The molecule has 3 aromatic rings. The first kappa shape index (κ1) is 27.3. The third-order valence-corrected chi connectivity index (χ3v) is 6.60. The maximum absolute atomic E-state index is 14.8. The summed E-state index contributed by atoms with van der Waals surface area (Å²) in [6.07, 6.45) is 7.00. The number of piperidine rings is 1. The molecule has 0 unspecified atom stereocenters. The quantitative estimate of drug-likeness (QED) is 0.119. The van der Waals surface area contributed by atoms with Crippen LogP contribution < -0.4 is 9.64 Å². The summed E-state index contributed by atoms with van der Waals surface area (Å²) in [6.45, 7) is 6.78. The molecular formula is C28H30F4N4O2. The Morgan fingerprint density at radius 1 is 1.00 bits per heavy atom. The third kappa shape index (κ3) is 6.23. The van der Waals surface area contributed by atoms with Crippen LogP contribution in [0.2, 0.25) is 0 Å². The van der Waals surface area contributed by atoms with Crippen LogP contribution in [0.1, 0.15) is 44.7 Å². The number of aromatic nitrogens is 2. The van der Waals surface area contributed by atoms with E-state index in [4.69, 9.17) is 4.74 Å². The molecule has 38 heavy (non-hydrogen) atoms. The van der Waals surface area contributed by atoms with Crippen LogP contribution in [0, 0.1) is 34.4 Å². The normalized spacial score (nSPS) is 14.8. The number of aryl methyl sites for hydroxylation is 1. The molecule has 2 heterocycles. The summed E-state index contributed by atoms with van der Waals surface area (Å²) in [5.74, 6) is -4.04. The summed E-state index contributed by atoms with van der Waals surface area (Å²) in [4.78, 5) is 10.9. The summed E-state index contributed by atoms with van der Waals surface area (Å²) in [5.41, 5.74) is 0.170. The highest BCUT2D eigenvalue weighted by molar-refractivity contribution is 5.78. The number of anilines is 1. The van der Waals surface area contributed by atoms with Crippen molar-refractivity contribution in [1.82, 2.24) is 9.97 Å². The Labute approximate surface area is 219 Å². The molecule has 1 fully saturated rings. The van der Waals surface area contributed by atoms with Crippen LogP contribution in [0.5, 0.6) is 5.75 Å². The lowest BCUT2D eigenvalue weighted by Crippen LogP contribution is -2.36. The second-order valence-electron chi connectivity index (χ2n) is 9.70. The van der Waals surface area contributed by atoms with E-state index in [1.54, 1.807) is 13.8 Å². The zero-order chi connectivity index (χ0) is 27.4. The Morgan fingerprint density at radius 3 is 2.11 bits per heavy atom. The summed E-state index contributed by atoms with van der Waals surface area (Å²) >= 11 is 0. The molecule has 0 saturated carbocycles. The van der Waals surface area contributed by atoms with E-state index in [0.29, 0.717) is 23.8 Å². The Kier molecular flexibility index (Phi) is 8.48. The monoisotopic (exact) mass is 530 g/mol. The maximum Gasteiger partial charge on any atom is 0.225 e. The molecule has 1 aliphatic rings. The van der Waals surface area contributed by atoms with Gasteiger partial charge in [-0.1, -0.05) is 6.92 Å². The number of hydrogen-bond acceptors (Lipinski definition) is 5. The van der Waals surface area contributed by atoms with Crippen molar-refractivity contribution in [3.05, 3.63) is 76.3 Å². The number of hydroxylamine groups is 1. The lowest BCUT2D eigenvalue weighted by molar-refractivity contribution is -0.487. The van der Waals surface area contributed by atoms with E-state index in [0.717, 1.165) is 55.3 Å². The first-order valence-electron chi connectivity index (χ1n) is 12.6. The molecule has 202 valence electrons. The van der Waals surface area contributed by atoms with Crippen LogP contribution >= 0.6 is 0 Å². The summed E-state index contributed by atoms with van der Waals surface area (Å²) in [5, 5.41) is 11.8. The van der Waals surface area contributed by atoms with Gasteiger partial charge in [-0.3, -0.25) is 0 Å². The number of ether oxygens (including phenoxy) is 1. The third-order valence-electron chi connectivity index (χ3n) is 6.60. The standard InChI is InChI=1S/C28H30F4N4O2/c1-4-18-13-33-28(34-14-18)35-7-5-19(6-8-35)16-38-27-24(31)11-21(12-25(27)32)26-22(29)9-20(10-23(26)30)15-36(37)17(2)3/h9-15,17,19H,4-8,16H2,1-3H3/b36-15-. The Bertz CT molecular complexity index is 1260. The highest BCUT2D eigenvalue weighted by Gasteiger charge is 2.24. The van der Waals surface area contributed by atoms with E-state index in [9.17, 15) is 22.8 Å². The van der Waals surface area contributed by atoms with E-state index < -0.39 is 40.6 Å². The van der Waals surface area contributed by atoms with Crippen LogP contribution in [0.4, 0.5) is 23.5 Å². The van der Waals surface area contributed by atoms with Crippen molar-refractivity contribution in [1.29, 1.82) is 0 Å². The molecule has 6 nitrogen and oxygen atoms in total. The molecule has 1 aromatic heterocycles. The SMILES string of the molecule is CCc1cnc(N2CCC(COc3c(F)cc(-c4c(F)cc(/C=[N+](\[O-])C(C)C)cc4F)cc3F)CC2)nc1. The molecule has 4 rings (SSSR count). The smallest absolute Gasteiger partial charge is 0.225 e.